The second kappa shape index (κ2) is 9.78. The summed E-state index contributed by atoms with van der Waals surface area (Å²) >= 11 is 0. The Hall–Kier alpha value is -4.14. The second-order valence-electron chi connectivity index (χ2n) is 7.86. The van der Waals surface area contributed by atoms with E-state index in [1.165, 1.54) is 12.5 Å². The number of carbonyl (C=O) groups is 1. The summed E-state index contributed by atoms with van der Waals surface area (Å²) in [6.07, 6.45) is 3.37. The topological polar surface area (TPSA) is 91.2 Å². The van der Waals surface area contributed by atoms with Crippen molar-refractivity contribution in [2.24, 2.45) is 0 Å². The number of likely N-dealkylation sites (tertiary alicyclic amines) is 1. The first-order chi connectivity index (χ1) is 16.4. The number of hydrogen-bond donors (Lipinski definition) is 2. The highest BCUT2D eigenvalue weighted by atomic mass is 19.3. The molecule has 1 aliphatic rings. The molecule has 0 spiro atoms. The first-order valence-corrected chi connectivity index (χ1v) is 10.6. The average Bonchev–Trinajstić information content (AvgIpc) is 3.17. The Labute approximate surface area is 195 Å². The number of halogens is 2. The maximum absolute atomic E-state index is 13.9. The number of anilines is 1. The predicted molar refractivity (Wildman–Crippen MR) is 125 cm³/mol. The zero-order valence-corrected chi connectivity index (χ0v) is 18.2. The molecule has 0 radical (unpaired) electrons. The van der Waals surface area contributed by atoms with Crippen molar-refractivity contribution in [1.82, 2.24) is 14.9 Å². The Kier molecular flexibility index (Phi) is 6.62. The lowest BCUT2D eigenvalue weighted by atomic mass is 10.0. The van der Waals surface area contributed by atoms with E-state index in [4.69, 9.17) is 10.1 Å². The Morgan fingerprint density at radius 3 is 2.62 bits per heavy atom. The fourth-order valence-electron chi connectivity index (χ4n) is 3.79. The maximum Gasteiger partial charge on any atom is 0.267 e. The lowest BCUT2D eigenvalue weighted by Crippen LogP contribution is -2.39. The summed E-state index contributed by atoms with van der Waals surface area (Å²) in [5, 5.41) is 11.7. The molecule has 0 aliphatic carbocycles. The molecule has 0 saturated carbocycles. The van der Waals surface area contributed by atoms with Gasteiger partial charge < -0.3 is 15.0 Å². The van der Waals surface area contributed by atoms with E-state index in [2.05, 4.69) is 21.9 Å². The van der Waals surface area contributed by atoms with E-state index in [0.717, 1.165) is 11.0 Å². The Balaban J connectivity index is 1.47. The van der Waals surface area contributed by atoms with Crippen LogP contribution in [0.3, 0.4) is 0 Å². The van der Waals surface area contributed by atoms with Crippen molar-refractivity contribution in [3.63, 3.8) is 0 Å². The first-order valence-electron chi connectivity index (χ1n) is 10.6. The summed E-state index contributed by atoms with van der Waals surface area (Å²) in [6, 6.07) is 15.6. The quantitative estimate of drug-likeness (QED) is 0.379. The van der Waals surface area contributed by atoms with Crippen LogP contribution in [0.15, 0.2) is 79.8 Å². The highest BCUT2D eigenvalue weighted by molar-refractivity contribution is 6.13. The molecule has 1 fully saturated rings. The van der Waals surface area contributed by atoms with E-state index in [1.54, 1.807) is 24.3 Å². The maximum atomic E-state index is 13.9. The second-order valence-corrected chi connectivity index (χ2v) is 7.86. The highest BCUT2D eigenvalue weighted by Gasteiger charge is 2.46. The molecule has 1 amide bonds. The van der Waals surface area contributed by atoms with Crippen molar-refractivity contribution >= 4 is 17.4 Å². The molecule has 1 aliphatic heterocycles. The van der Waals surface area contributed by atoms with Gasteiger partial charge in [0.2, 0.25) is 5.91 Å². The third-order valence-electron chi connectivity index (χ3n) is 5.44. The zero-order valence-electron chi connectivity index (χ0n) is 18.2. The minimum atomic E-state index is -2.96. The van der Waals surface area contributed by atoms with Crippen molar-refractivity contribution < 1.29 is 18.3 Å². The highest BCUT2D eigenvalue weighted by Crippen LogP contribution is 2.32. The van der Waals surface area contributed by atoms with Crippen LogP contribution in [-0.2, 0) is 4.79 Å². The number of carbonyl (C=O) groups excluding carboxylic acids is 1. The molecule has 174 valence electrons. The molecule has 2 heterocycles. The SMILES string of the molecule is C=CC(=O)N1CC(F)(F)C[C@H]1CNc1ncncc1C(=N)c1ccc(Oc2ccccc2)cc1. The summed E-state index contributed by atoms with van der Waals surface area (Å²) in [5.74, 6) is -1.85. The van der Waals surface area contributed by atoms with Crippen LogP contribution in [0.4, 0.5) is 14.6 Å². The normalized spacial score (nSPS) is 16.6. The van der Waals surface area contributed by atoms with Crippen LogP contribution >= 0.6 is 0 Å². The molecule has 0 bridgehead atoms. The predicted octanol–water partition coefficient (Wildman–Crippen LogP) is 4.52. The molecule has 34 heavy (non-hydrogen) atoms. The number of nitrogens with zero attached hydrogens (tertiary/aromatic N) is 3. The first kappa shape index (κ1) is 23.0. The number of nitrogens with one attached hydrogen (secondary N) is 2. The van der Waals surface area contributed by atoms with Gasteiger partial charge in [-0.05, 0) is 42.5 Å². The summed E-state index contributed by atoms with van der Waals surface area (Å²) < 4.78 is 33.7. The Morgan fingerprint density at radius 1 is 1.21 bits per heavy atom. The minimum Gasteiger partial charge on any atom is -0.457 e. The Bertz CT molecular complexity index is 1190. The van der Waals surface area contributed by atoms with Crippen molar-refractivity contribution in [3.05, 3.63) is 90.9 Å². The minimum absolute atomic E-state index is 0.0519. The number of alkyl halides is 2. The molecule has 3 aromatic rings. The molecule has 9 heteroatoms. The van der Waals surface area contributed by atoms with Crippen molar-refractivity contribution in [3.8, 4) is 11.5 Å². The van der Waals surface area contributed by atoms with Gasteiger partial charge in [-0.15, -0.1) is 0 Å². The summed E-state index contributed by atoms with van der Waals surface area (Å²) in [4.78, 5) is 21.3. The number of rotatable bonds is 8. The van der Waals surface area contributed by atoms with Crippen LogP contribution in [0.25, 0.3) is 0 Å². The van der Waals surface area contributed by atoms with Gasteiger partial charge in [0.1, 0.15) is 23.6 Å². The molecule has 1 saturated heterocycles. The van der Waals surface area contributed by atoms with E-state index in [-0.39, 0.29) is 12.3 Å². The van der Waals surface area contributed by atoms with Crippen LogP contribution in [0.1, 0.15) is 17.5 Å². The number of para-hydroxylation sites is 1. The van der Waals surface area contributed by atoms with E-state index in [9.17, 15) is 13.6 Å². The summed E-state index contributed by atoms with van der Waals surface area (Å²) in [6.45, 7) is 2.80. The van der Waals surface area contributed by atoms with Crippen molar-refractivity contribution in [2.45, 2.75) is 18.4 Å². The zero-order chi connectivity index (χ0) is 24.1. The van der Waals surface area contributed by atoms with Gasteiger partial charge in [-0.25, -0.2) is 18.7 Å². The average molecular weight is 463 g/mol. The molecule has 7 nitrogen and oxygen atoms in total. The van der Waals surface area contributed by atoms with Gasteiger partial charge >= 0.3 is 0 Å². The number of ether oxygens (including phenoxy) is 1. The van der Waals surface area contributed by atoms with Crippen LogP contribution in [0, 0.1) is 5.41 Å². The number of aromatic nitrogens is 2. The lowest BCUT2D eigenvalue weighted by molar-refractivity contribution is -0.127. The van der Waals surface area contributed by atoms with Crippen LogP contribution in [0.2, 0.25) is 0 Å². The molecular weight excluding hydrogens is 440 g/mol. The number of benzene rings is 2. The van der Waals surface area contributed by atoms with Gasteiger partial charge in [0.05, 0.1) is 23.9 Å². The third kappa shape index (κ3) is 5.25. The lowest BCUT2D eigenvalue weighted by Gasteiger charge is -2.23. The largest absolute Gasteiger partial charge is 0.457 e. The number of amides is 1. The van der Waals surface area contributed by atoms with Crippen LogP contribution < -0.4 is 10.1 Å². The van der Waals surface area contributed by atoms with Crippen LogP contribution in [-0.4, -0.2) is 51.5 Å². The monoisotopic (exact) mass is 463 g/mol. The smallest absolute Gasteiger partial charge is 0.267 e. The Morgan fingerprint density at radius 2 is 1.91 bits per heavy atom. The van der Waals surface area contributed by atoms with E-state index in [0.29, 0.717) is 28.4 Å². The molecular formula is C25H23F2N5O2. The van der Waals surface area contributed by atoms with Gasteiger partial charge in [0.15, 0.2) is 0 Å². The molecule has 2 N–H and O–H groups in total. The van der Waals surface area contributed by atoms with Crippen molar-refractivity contribution in [1.29, 1.82) is 5.41 Å². The van der Waals surface area contributed by atoms with E-state index < -0.39 is 30.8 Å². The van der Waals surface area contributed by atoms with Gasteiger partial charge in [0.25, 0.3) is 5.92 Å². The fourth-order valence-corrected chi connectivity index (χ4v) is 3.79. The van der Waals surface area contributed by atoms with E-state index >= 15 is 0 Å². The molecule has 1 atom stereocenters. The van der Waals surface area contributed by atoms with Gasteiger partial charge in [0, 0.05) is 24.7 Å². The summed E-state index contributed by atoms with van der Waals surface area (Å²) in [5.41, 5.74) is 1.17. The molecule has 2 aromatic carbocycles. The fraction of sp³-hybridized carbons (Fsp3) is 0.200. The molecule has 4 rings (SSSR count). The molecule has 0 unspecified atom stereocenters. The number of hydrogen-bond acceptors (Lipinski definition) is 6. The summed E-state index contributed by atoms with van der Waals surface area (Å²) in [7, 11) is 0. The van der Waals surface area contributed by atoms with Gasteiger partial charge in [-0.2, -0.15) is 0 Å². The molecule has 1 aromatic heterocycles. The van der Waals surface area contributed by atoms with E-state index in [1.807, 2.05) is 30.3 Å². The van der Waals surface area contributed by atoms with Crippen molar-refractivity contribution in [2.75, 3.05) is 18.4 Å². The van der Waals surface area contributed by atoms with Gasteiger partial charge in [-0.3, -0.25) is 10.2 Å². The van der Waals surface area contributed by atoms with Crippen LogP contribution in [0.5, 0.6) is 11.5 Å². The third-order valence-corrected chi connectivity index (χ3v) is 5.44. The standard InChI is InChI=1S/C25H23F2N5O2/c1-2-22(33)32-15-25(26,27)12-18(32)13-30-24-21(14-29-16-31-24)23(28)17-8-10-20(11-9-17)34-19-6-4-3-5-7-19/h2-11,14,16,18,28H,1,12-13,15H2,(H,29,30,31)/t18-/m0/s1. The van der Waals surface area contributed by atoms with Gasteiger partial charge in [-0.1, -0.05) is 24.8 Å².